The Labute approximate surface area is 68.5 Å². The van der Waals surface area contributed by atoms with E-state index in [9.17, 15) is 9.59 Å². The maximum atomic E-state index is 10.9. The maximum absolute atomic E-state index is 10.9. The molecule has 0 radical (unpaired) electrons. The average molecular weight is 171 g/mol. The first-order valence-electron chi connectivity index (χ1n) is 3.52. The summed E-state index contributed by atoms with van der Waals surface area (Å²) in [5, 5.41) is 15.2. The first kappa shape index (κ1) is 8.79. The Morgan fingerprint density at radius 3 is 2.50 bits per heavy atom. The highest BCUT2D eigenvalue weighted by molar-refractivity contribution is 5.86. The van der Waals surface area contributed by atoms with Crippen LogP contribution >= 0.6 is 0 Å². The molecule has 0 amide bonds. The molecular weight excluding hydrogens is 162 g/mol. The molecule has 0 aliphatic carbocycles. The minimum absolute atomic E-state index is 0.130. The fraction of sp³-hybridized carbons (Fsp3) is 0.667. The van der Waals surface area contributed by atoms with Crippen molar-refractivity contribution in [2.45, 2.75) is 25.0 Å². The second kappa shape index (κ2) is 3.40. The van der Waals surface area contributed by atoms with Gasteiger partial charge >= 0.3 is 5.97 Å². The van der Waals surface area contributed by atoms with E-state index in [2.05, 4.69) is 10.2 Å². The monoisotopic (exact) mass is 171 g/mol. The Morgan fingerprint density at radius 2 is 2.08 bits per heavy atom. The Kier molecular flexibility index (Phi) is 2.49. The molecule has 0 aromatic heterocycles. The van der Waals surface area contributed by atoms with Crippen LogP contribution in [0.25, 0.3) is 0 Å². The van der Waals surface area contributed by atoms with Gasteiger partial charge in [0.1, 0.15) is 6.04 Å². The smallest absolute Gasteiger partial charge is 0.320 e. The van der Waals surface area contributed by atoms with Crippen molar-refractivity contribution in [2.24, 2.45) is 16.0 Å². The predicted octanol–water partition coefficient (Wildman–Crippen LogP) is -0.461. The van der Waals surface area contributed by atoms with E-state index >= 15 is 0 Å². The molecule has 6 nitrogen and oxygen atoms in total. The lowest BCUT2D eigenvalue weighted by Crippen LogP contribution is -2.30. The second-order valence-electron chi connectivity index (χ2n) is 2.55. The van der Waals surface area contributed by atoms with Crippen LogP contribution in [0.5, 0.6) is 0 Å². The largest absolute Gasteiger partial charge is 0.480 e. The number of aliphatic carboxylic acids is 1. The number of hydrogen-bond donors (Lipinski definition) is 2. The Bertz CT molecular complexity index is 232. The van der Waals surface area contributed by atoms with Gasteiger partial charge in [-0.05, 0) is 6.42 Å². The minimum Gasteiger partial charge on any atom is -0.480 e. The van der Waals surface area contributed by atoms with Crippen molar-refractivity contribution in [3.05, 3.63) is 0 Å². The van der Waals surface area contributed by atoms with Crippen LogP contribution in [0.4, 0.5) is 0 Å². The third kappa shape index (κ3) is 2.39. The van der Waals surface area contributed by atoms with E-state index in [1.165, 1.54) is 0 Å². The molecule has 0 fully saturated rings. The molecule has 1 rings (SSSR count). The lowest BCUT2D eigenvalue weighted by atomic mass is 10.1. The summed E-state index contributed by atoms with van der Waals surface area (Å²) in [6, 6.07) is -0.965. The quantitative estimate of drug-likeness (QED) is 0.583. The van der Waals surface area contributed by atoms with Gasteiger partial charge in [-0.25, -0.2) is 0 Å². The molecule has 1 heterocycles. The fourth-order valence-electron chi connectivity index (χ4n) is 0.712. The third-order valence-corrected chi connectivity index (χ3v) is 1.54. The van der Waals surface area contributed by atoms with E-state index in [4.69, 9.17) is 10.8 Å². The van der Waals surface area contributed by atoms with E-state index in [-0.39, 0.29) is 18.6 Å². The molecular formula is C6H9N3O3. The number of nitrogens with zero attached hydrogens (tertiary/aromatic N) is 2. The topological polar surface area (TPSA) is 105 Å². The van der Waals surface area contributed by atoms with Crippen LogP contribution < -0.4 is 5.73 Å². The van der Waals surface area contributed by atoms with Gasteiger partial charge in [0.2, 0.25) is 6.17 Å². The normalized spacial score (nSPS) is 17.4. The zero-order valence-electron chi connectivity index (χ0n) is 6.30. The summed E-state index contributed by atoms with van der Waals surface area (Å²) in [7, 11) is 0. The fourth-order valence-corrected chi connectivity index (χ4v) is 0.712. The summed E-state index contributed by atoms with van der Waals surface area (Å²) in [6.07, 6.45) is -0.258. The van der Waals surface area contributed by atoms with Crippen molar-refractivity contribution < 1.29 is 14.7 Å². The molecule has 0 aromatic carbocycles. The van der Waals surface area contributed by atoms with Crippen molar-refractivity contribution in [3.63, 3.8) is 0 Å². The number of rotatable bonds is 5. The van der Waals surface area contributed by atoms with Crippen molar-refractivity contribution >= 4 is 11.8 Å². The maximum Gasteiger partial charge on any atom is 0.320 e. The Balaban J connectivity index is 2.15. The number of Topliss-reactive ketones (excluding diaryl/α,β-unsaturated/α-hetero) is 1. The van der Waals surface area contributed by atoms with Gasteiger partial charge in [-0.15, -0.1) is 0 Å². The first-order chi connectivity index (χ1) is 5.61. The van der Waals surface area contributed by atoms with E-state index in [1.54, 1.807) is 0 Å². The molecule has 0 spiro atoms. The molecule has 0 unspecified atom stereocenters. The highest BCUT2D eigenvalue weighted by Gasteiger charge is 2.26. The number of carbonyl (C=O) groups is 2. The number of carbonyl (C=O) groups excluding carboxylic acids is 1. The molecule has 66 valence electrons. The van der Waals surface area contributed by atoms with Crippen molar-refractivity contribution in [1.29, 1.82) is 0 Å². The average Bonchev–Trinajstić information content (AvgIpc) is 2.81. The van der Waals surface area contributed by atoms with E-state index in [0.717, 1.165) is 0 Å². The standard InChI is InChI=1S/C6H9N3O3/c7-3(6(11)12)1-2-4(10)5-8-9-5/h3,5H,1-2,7H2,(H,11,12)/t3-/m0/s1. The van der Waals surface area contributed by atoms with Crippen LogP contribution in [-0.4, -0.2) is 29.1 Å². The van der Waals surface area contributed by atoms with E-state index in [0.29, 0.717) is 0 Å². The van der Waals surface area contributed by atoms with Crippen molar-refractivity contribution in [3.8, 4) is 0 Å². The van der Waals surface area contributed by atoms with Gasteiger partial charge in [0.25, 0.3) is 0 Å². The number of carboxylic acids is 1. The van der Waals surface area contributed by atoms with Gasteiger partial charge in [0.15, 0.2) is 5.78 Å². The number of hydrogen-bond acceptors (Lipinski definition) is 5. The molecule has 0 bridgehead atoms. The lowest BCUT2D eigenvalue weighted by Gasteiger charge is -2.02. The van der Waals surface area contributed by atoms with Gasteiger partial charge in [-0.3, -0.25) is 9.59 Å². The highest BCUT2D eigenvalue weighted by Crippen LogP contribution is 2.14. The van der Waals surface area contributed by atoms with Crippen LogP contribution in [0.1, 0.15) is 12.8 Å². The molecule has 1 aliphatic rings. The molecule has 0 saturated heterocycles. The van der Waals surface area contributed by atoms with Crippen LogP contribution in [0, 0.1) is 0 Å². The predicted molar refractivity (Wildman–Crippen MR) is 38.5 cm³/mol. The Morgan fingerprint density at radius 1 is 1.50 bits per heavy atom. The highest BCUT2D eigenvalue weighted by atomic mass is 16.4. The van der Waals surface area contributed by atoms with Crippen molar-refractivity contribution in [2.75, 3.05) is 0 Å². The molecule has 0 saturated carbocycles. The molecule has 1 aliphatic heterocycles. The summed E-state index contributed by atoms with van der Waals surface area (Å²) in [5.41, 5.74) is 5.17. The molecule has 1 atom stereocenters. The van der Waals surface area contributed by atoms with Gasteiger partial charge in [0, 0.05) is 6.42 Å². The van der Waals surface area contributed by atoms with Crippen LogP contribution in [-0.2, 0) is 9.59 Å². The number of ketones is 1. The first-order valence-corrected chi connectivity index (χ1v) is 3.52. The summed E-state index contributed by atoms with van der Waals surface area (Å²) >= 11 is 0. The zero-order chi connectivity index (χ0) is 9.14. The summed E-state index contributed by atoms with van der Waals surface area (Å²) in [6.45, 7) is 0. The van der Waals surface area contributed by atoms with Gasteiger partial charge in [-0.1, -0.05) is 0 Å². The van der Waals surface area contributed by atoms with Crippen LogP contribution in [0.2, 0.25) is 0 Å². The number of nitrogens with two attached hydrogens (primary N) is 1. The van der Waals surface area contributed by atoms with Gasteiger partial charge in [-0.2, -0.15) is 10.2 Å². The molecule has 0 aromatic rings. The second-order valence-corrected chi connectivity index (χ2v) is 2.55. The lowest BCUT2D eigenvalue weighted by molar-refractivity contribution is -0.138. The molecule has 3 N–H and O–H groups in total. The summed E-state index contributed by atoms with van der Waals surface area (Å²) in [4.78, 5) is 21.1. The minimum atomic E-state index is -1.09. The van der Waals surface area contributed by atoms with Crippen LogP contribution in [0.15, 0.2) is 10.2 Å². The number of carboxylic acid groups (broad SMARTS) is 1. The molecule has 12 heavy (non-hydrogen) atoms. The molecule has 6 heteroatoms. The zero-order valence-corrected chi connectivity index (χ0v) is 6.30. The van der Waals surface area contributed by atoms with Gasteiger partial charge < -0.3 is 10.8 Å². The van der Waals surface area contributed by atoms with E-state index in [1.807, 2.05) is 0 Å². The van der Waals surface area contributed by atoms with Crippen molar-refractivity contribution in [1.82, 2.24) is 0 Å². The van der Waals surface area contributed by atoms with Crippen LogP contribution in [0.3, 0.4) is 0 Å². The third-order valence-electron chi connectivity index (χ3n) is 1.54. The summed E-state index contributed by atoms with van der Waals surface area (Å²) in [5.74, 6) is -1.25. The summed E-state index contributed by atoms with van der Waals surface area (Å²) < 4.78 is 0. The SMILES string of the molecule is N[C@@H](CCC(=O)C1N=N1)C(=O)O. The van der Waals surface area contributed by atoms with E-state index < -0.39 is 18.2 Å². The van der Waals surface area contributed by atoms with Gasteiger partial charge in [0.05, 0.1) is 0 Å². The Hall–Kier alpha value is -1.30.